The third-order valence-electron chi connectivity index (χ3n) is 4.28. The zero-order chi connectivity index (χ0) is 24.5. The van der Waals surface area contributed by atoms with E-state index in [1.165, 1.54) is 12.1 Å². The SMILES string of the molecule is CC.CC1=C=C(CC(=O)NCc2ncc(F)cc2F)C1.O=c1[nH]c(=O)c2cc(F)ccc2[nH]1.[HH].[HH]. The molecule has 10 heteroatoms. The van der Waals surface area contributed by atoms with Gasteiger partial charge in [0.25, 0.3) is 5.56 Å². The molecule has 0 unspecified atom stereocenters. The third kappa shape index (κ3) is 7.33. The van der Waals surface area contributed by atoms with Gasteiger partial charge in [-0.2, -0.15) is 0 Å². The van der Waals surface area contributed by atoms with Gasteiger partial charge < -0.3 is 10.3 Å². The molecule has 0 atom stereocenters. The maximum absolute atomic E-state index is 13.2. The molecule has 0 saturated heterocycles. The van der Waals surface area contributed by atoms with Crippen molar-refractivity contribution >= 4 is 16.8 Å². The van der Waals surface area contributed by atoms with Crippen LogP contribution in [-0.2, 0) is 11.3 Å². The predicted molar refractivity (Wildman–Crippen MR) is 122 cm³/mol. The molecule has 0 radical (unpaired) electrons. The Morgan fingerprint density at radius 3 is 2.48 bits per heavy atom. The second-order valence-electron chi connectivity index (χ2n) is 6.82. The van der Waals surface area contributed by atoms with Crippen LogP contribution in [0.5, 0.6) is 0 Å². The lowest BCUT2D eigenvalue weighted by Crippen LogP contribution is -2.24. The van der Waals surface area contributed by atoms with Crippen molar-refractivity contribution in [2.75, 3.05) is 0 Å². The molecule has 2 aromatic heterocycles. The van der Waals surface area contributed by atoms with Crippen molar-refractivity contribution in [1.82, 2.24) is 20.3 Å². The zero-order valence-corrected chi connectivity index (χ0v) is 18.3. The highest BCUT2D eigenvalue weighted by atomic mass is 19.1. The summed E-state index contributed by atoms with van der Waals surface area (Å²) < 4.78 is 38.5. The number of nitrogens with zero attached hydrogens (tertiary/aromatic N) is 1. The molecule has 0 saturated carbocycles. The van der Waals surface area contributed by atoms with Crippen molar-refractivity contribution in [1.29, 1.82) is 0 Å². The lowest BCUT2D eigenvalue weighted by atomic mass is 9.96. The van der Waals surface area contributed by atoms with Gasteiger partial charge in [-0.25, -0.2) is 18.0 Å². The van der Waals surface area contributed by atoms with Crippen LogP contribution < -0.4 is 16.6 Å². The molecule has 1 aliphatic rings. The van der Waals surface area contributed by atoms with E-state index in [0.29, 0.717) is 5.52 Å². The highest BCUT2D eigenvalue weighted by Gasteiger charge is 2.13. The zero-order valence-electron chi connectivity index (χ0n) is 18.3. The first kappa shape index (κ1) is 25.4. The lowest BCUT2D eigenvalue weighted by Gasteiger charge is -2.12. The fraction of sp³-hybridized carbons (Fsp3) is 0.261. The molecular weight excluding hydrogens is 437 g/mol. The minimum atomic E-state index is -0.756. The minimum Gasteiger partial charge on any atom is -0.350 e. The average Bonchev–Trinajstić information content (AvgIpc) is 2.74. The average molecular weight is 464 g/mol. The summed E-state index contributed by atoms with van der Waals surface area (Å²) in [5, 5.41) is 2.68. The first-order valence-electron chi connectivity index (χ1n) is 10.1. The third-order valence-corrected chi connectivity index (χ3v) is 4.28. The normalized spacial score (nSPS) is 11.7. The maximum atomic E-state index is 13.2. The molecule has 33 heavy (non-hydrogen) atoms. The number of aromatic amines is 2. The molecular formula is C23H27F3N4O3. The van der Waals surface area contributed by atoms with Crippen molar-refractivity contribution < 1.29 is 20.8 Å². The smallest absolute Gasteiger partial charge is 0.326 e. The molecule has 0 fully saturated rings. The van der Waals surface area contributed by atoms with E-state index in [1.54, 1.807) is 0 Å². The van der Waals surface area contributed by atoms with E-state index < -0.39 is 28.7 Å². The first-order valence-corrected chi connectivity index (χ1v) is 10.1. The Balaban J connectivity index is 0.000000607. The molecule has 1 aromatic carbocycles. The van der Waals surface area contributed by atoms with Crippen LogP contribution in [-0.4, -0.2) is 20.9 Å². The van der Waals surface area contributed by atoms with E-state index in [-0.39, 0.29) is 32.8 Å². The summed E-state index contributed by atoms with van der Waals surface area (Å²) in [7, 11) is 0. The van der Waals surface area contributed by atoms with Gasteiger partial charge in [0.15, 0.2) is 0 Å². The highest BCUT2D eigenvalue weighted by molar-refractivity contribution is 5.79. The summed E-state index contributed by atoms with van der Waals surface area (Å²) in [6.07, 6.45) is 1.99. The fourth-order valence-electron chi connectivity index (χ4n) is 2.86. The van der Waals surface area contributed by atoms with Crippen LogP contribution in [0.1, 0.15) is 42.2 Å². The Morgan fingerprint density at radius 2 is 1.85 bits per heavy atom. The Hall–Kier alpha value is -3.91. The van der Waals surface area contributed by atoms with Gasteiger partial charge in [-0.1, -0.05) is 13.8 Å². The van der Waals surface area contributed by atoms with Gasteiger partial charge in [-0.05, 0) is 36.3 Å². The standard InChI is InChI=1S/C13H12F2N2O.C8H5FN2O2.C2H6.2H2/c1-8-2-9(3-8)4-13(18)17-7-12-11(15)5-10(14)6-16-12;9-4-1-2-6-5(3-4)7(12)11-8(13)10-6;1-2;;/h5-6H,2,4,7H2,1H3,(H,17,18);1-3H,(H2,10,11,12,13);1-2H3;2*1H. The molecule has 0 bridgehead atoms. The quantitative estimate of drug-likeness (QED) is 0.505. The number of amides is 1. The molecule has 3 N–H and O–H groups in total. The van der Waals surface area contributed by atoms with Gasteiger partial charge in [-0.15, -0.1) is 5.73 Å². The monoisotopic (exact) mass is 464 g/mol. The second-order valence-corrected chi connectivity index (χ2v) is 6.82. The van der Waals surface area contributed by atoms with E-state index in [1.807, 2.05) is 25.8 Å². The Morgan fingerprint density at radius 1 is 1.15 bits per heavy atom. The van der Waals surface area contributed by atoms with E-state index >= 15 is 0 Å². The van der Waals surface area contributed by atoms with Crippen molar-refractivity contribution in [3.8, 4) is 0 Å². The van der Waals surface area contributed by atoms with Crippen LogP contribution in [0.25, 0.3) is 10.9 Å². The first-order chi connectivity index (χ1) is 15.7. The summed E-state index contributed by atoms with van der Waals surface area (Å²) >= 11 is 0. The molecule has 178 valence electrons. The Kier molecular flexibility index (Phi) is 8.94. The number of carbonyl (C=O) groups excluding carboxylic acids is 1. The number of hydrogen-bond donors (Lipinski definition) is 3. The summed E-state index contributed by atoms with van der Waals surface area (Å²) in [5.74, 6) is -2.21. The molecule has 1 aliphatic carbocycles. The van der Waals surface area contributed by atoms with Crippen LogP contribution in [0.4, 0.5) is 13.2 Å². The van der Waals surface area contributed by atoms with Gasteiger partial charge in [0.2, 0.25) is 5.91 Å². The van der Waals surface area contributed by atoms with Crippen LogP contribution in [0, 0.1) is 17.5 Å². The fourth-order valence-corrected chi connectivity index (χ4v) is 2.86. The maximum Gasteiger partial charge on any atom is 0.326 e. The number of hydrogen-bond acceptors (Lipinski definition) is 4. The van der Waals surface area contributed by atoms with E-state index in [9.17, 15) is 27.6 Å². The lowest BCUT2D eigenvalue weighted by molar-refractivity contribution is -0.120. The summed E-state index contributed by atoms with van der Waals surface area (Å²) in [5.41, 5.74) is 4.27. The van der Waals surface area contributed by atoms with Gasteiger partial charge in [0.1, 0.15) is 17.5 Å². The number of benzene rings is 1. The molecule has 0 spiro atoms. The minimum absolute atomic E-state index is 0. The van der Waals surface area contributed by atoms with Crippen LogP contribution in [0.3, 0.4) is 0 Å². The van der Waals surface area contributed by atoms with Crippen LogP contribution in [0.2, 0.25) is 0 Å². The van der Waals surface area contributed by atoms with Crippen molar-refractivity contribution in [2.24, 2.45) is 0 Å². The van der Waals surface area contributed by atoms with Gasteiger partial charge in [0, 0.05) is 15.3 Å². The molecule has 0 aliphatic heterocycles. The van der Waals surface area contributed by atoms with Gasteiger partial charge in [0.05, 0.1) is 35.8 Å². The summed E-state index contributed by atoms with van der Waals surface area (Å²) in [6.45, 7) is 5.90. The summed E-state index contributed by atoms with van der Waals surface area (Å²) in [4.78, 5) is 41.4. The van der Waals surface area contributed by atoms with E-state index in [4.69, 9.17) is 0 Å². The van der Waals surface area contributed by atoms with Crippen molar-refractivity contribution in [3.63, 3.8) is 0 Å². The van der Waals surface area contributed by atoms with Crippen LogP contribution in [0.15, 0.2) is 56.9 Å². The number of H-pyrrole nitrogens is 2. The second kappa shape index (κ2) is 11.6. The number of carbonyl (C=O) groups is 1. The van der Waals surface area contributed by atoms with Crippen molar-refractivity contribution in [2.45, 2.75) is 40.2 Å². The van der Waals surface area contributed by atoms with Gasteiger partial charge in [-0.3, -0.25) is 19.6 Å². The number of halogens is 3. The topological polar surface area (TPSA) is 108 Å². The number of nitrogens with one attached hydrogen (secondary N) is 3. The number of pyridine rings is 1. The predicted octanol–water partition coefficient (Wildman–Crippen LogP) is 4.12. The molecule has 7 nitrogen and oxygen atoms in total. The molecule has 3 aromatic rings. The molecule has 2 heterocycles. The van der Waals surface area contributed by atoms with E-state index in [0.717, 1.165) is 35.9 Å². The highest BCUT2D eigenvalue weighted by Crippen LogP contribution is 2.21. The Bertz CT molecular complexity index is 1350. The number of rotatable bonds is 4. The summed E-state index contributed by atoms with van der Waals surface area (Å²) in [6, 6.07) is 4.35. The largest absolute Gasteiger partial charge is 0.350 e. The van der Waals surface area contributed by atoms with Crippen molar-refractivity contribution in [3.05, 3.63) is 91.3 Å². The number of fused-ring (bicyclic) bond motifs is 1. The Labute approximate surface area is 190 Å². The van der Waals surface area contributed by atoms with Crippen LogP contribution >= 0.6 is 0 Å². The van der Waals surface area contributed by atoms with Gasteiger partial charge >= 0.3 is 5.69 Å². The molecule has 1 amide bonds. The van der Waals surface area contributed by atoms with E-state index in [2.05, 4.69) is 21.0 Å². The number of aromatic nitrogens is 3. The molecule has 4 rings (SSSR count).